The Balaban J connectivity index is 2.18. The molecule has 1 atom stereocenters. The van der Waals surface area contributed by atoms with Gasteiger partial charge < -0.3 is 10.6 Å². The molecule has 1 unspecified atom stereocenters. The second-order valence-corrected chi connectivity index (χ2v) is 7.82. The van der Waals surface area contributed by atoms with Crippen molar-refractivity contribution in [2.75, 3.05) is 25.9 Å². The van der Waals surface area contributed by atoms with Gasteiger partial charge in [0.15, 0.2) is 5.00 Å². The number of nitrogens with zero attached hydrogens (tertiary/aromatic N) is 2. The number of sulfonamides is 1. The van der Waals surface area contributed by atoms with Crippen molar-refractivity contribution in [2.45, 2.75) is 23.1 Å². The van der Waals surface area contributed by atoms with Crippen LogP contribution in [0.2, 0.25) is 0 Å². The zero-order chi connectivity index (χ0) is 14.9. The summed E-state index contributed by atoms with van der Waals surface area (Å²) in [6.07, 6.45) is 1.67. The highest BCUT2D eigenvalue weighted by molar-refractivity contribution is 7.91. The minimum absolute atomic E-state index is 0.101. The summed E-state index contributed by atoms with van der Waals surface area (Å²) < 4.78 is 26.9. The van der Waals surface area contributed by atoms with Gasteiger partial charge in [-0.05, 0) is 26.4 Å². The molecule has 0 spiro atoms. The lowest BCUT2D eigenvalue weighted by Crippen LogP contribution is -2.46. The number of thiophene rings is 1. The second kappa shape index (κ2) is 5.64. The monoisotopic (exact) mass is 320 g/mol. The Kier molecular flexibility index (Phi) is 4.28. The van der Waals surface area contributed by atoms with Gasteiger partial charge >= 0.3 is 5.69 Å². The topological polar surface area (TPSA) is 119 Å². The van der Waals surface area contributed by atoms with Gasteiger partial charge in [-0.3, -0.25) is 10.1 Å². The van der Waals surface area contributed by atoms with Crippen molar-refractivity contribution >= 4 is 32.0 Å². The van der Waals surface area contributed by atoms with Gasteiger partial charge in [0.1, 0.15) is 4.21 Å². The molecule has 1 fully saturated rings. The molecule has 1 aliphatic heterocycles. The fraction of sp³-hybridized carbons (Fsp3) is 0.600. The van der Waals surface area contributed by atoms with Crippen LogP contribution in [0.15, 0.2) is 10.3 Å². The smallest absolute Gasteiger partial charge is 0.304 e. The molecule has 0 bridgehead atoms. The predicted molar refractivity (Wildman–Crippen MR) is 76.2 cm³/mol. The molecule has 10 heteroatoms. The number of likely N-dealkylation sites (N-methyl/N-ethyl adjacent to an activating group) is 1. The molecule has 0 radical (unpaired) electrons. The van der Waals surface area contributed by atoms with E-state index in [0.29, 0.717) is 17.9 Å². The van der Waals surface area contributed by atoms with Gasteiger partial charge in [-0.15, -0.1) is 0 Å². The number of hydrogen-bond donors (Lipinski definition) is 2. The van der Waals surface area contributed by atoms with E-state index in [4.69, 9.17) is 5.73 Å². The summed E-state index contributed by atoms with van der Waals surface area (Å²) in [6, 6.07) is 0.829. The molecule has 1 aromatic rings. The average molecular weight is 320 g/mol. The minimum atomic E-state index is -3.76. The summed E-state index contributed by atoms with van der Waals surface area (Å²) in [5.74, 6) is 0. The minimum Gasteiger partial charge on any atom is -0.385 e. The van der Waals surface area contributed by atoms with E-state index < -0.39 is 14.9 Å². The van der Waals surface area contributed by atoms with E-state index >= 15 is 0 Å². The van der Waals surface area contributed by atoms with Crippen LogP contribution >= 0.6 is 11.3 Å². The largest absolute Gasteiger partial charge is 0.385 e. The van der Waals surface area contributed by atoms with Crippen LogP contribution in [0, 0.1) is 10.1 Å². The molecule has 1 saturated heterocycles. The quantitative estimate of drug-likeness (QED) is 0.620. The maximum absolute atomic E-state index is 12.2. The van der Waals surface area contributed by atoms with Crippen molar-refractivity contribution < 1.29 is 13.3 Å². The van der Waals surface area contributed by atoms with Crippen LogP contribution in [-0.4, -0.2) is 44.4 Å². The van der Waals surface area contributed by atoms with Crippen molar-refractivity contribution in [3.05, 3.63) is 16.2 Å². The fourth-order valence-corrected chi connectivity index (χ4v) is 4.68. The molecule has 0 amide bonds. The summed E-state index contributed by atoms with van der Waals surface area (Å²) in [7, 11) is -1.84. The number of hydrogen-bond acceptors (Lipinski definition) is 7. The lowest BCUT2D eigenvalue weighted by molar-refractivity contribution is -0.383. The van der Waals surface area contributed by atoms with Crippen LogP contribution in [0.25, 0.3) is 0 Å². The third-order valence-corrected chi connectivity index (χ3v) is 6.07. The third kappa shape index (κ3) is 3.26. The first-order valence-corrected chi connectivity index (χ1v) is 8.34. The Morgan fingerprint density at radius 3 is 2.85 bits per heavy atom. The zero-order valence-corrected chi connectivity index (χ0v) is 12.5. The molecule has 1 aromatic heterocycles. The van der Waals surface area contributed by atoms with Crippen LogP contribution in [-0.2, 0) is 10.0 Å². The molecule has 2 heterocycles. The van der Waals surface area contributed by atoms with Gasteiger partial charge in [-0.2, -0.15) is 0 Å². The first kappa shape index (κ1) is 15.2. The molecule has 1 aliphatic rings. The third-order valence-electron chi connectivity index (χ3n) is 3.13. The lowest BCUT2D eigenvalue weighted by atomic mass is 10.1. The number of rotatable bonds is 4. The van der Waals surface area contributed by atoms with E-state index in [1.165, 1.54) is 0 Å². The highest BCUT2D eigenvalue weighted by Crippen LogP contribution is 2.34. The van der Waals surface area contributed by atoms with Gasteiger partial charge in [0.05, 0.1) is 4.92 Å². The molecule has 112 valence electrons. The molecule has 3 N–H and O–H groups in total. The van der Waals surface area contributed by atoms with Crippen LogP contribution in [0.1, 0.15) is 12.8 Å². The van der Waals surface area contributed by atoms with Crippen LogP contribution in [0.3, 0.4) is 0 Å². The van der Waals surface area contributed by atoms with E-state index in [1.807, 2.05) is 11.9 Å². The van der Waals surface area contributed by atoms with Crippen molar-refractivity contribution in [3.63, 3.8) is 0 Å². The molecular weight excluding hydrogens is 304 g/mol. The first-order chi connectivity index (χ1) is 9.29. The van der Waals surface area contributed by atoms with Crippen molar-refractivity contribution in [1.29, 1.82) is 0 Å². The van der Waals surface area contributed by atoms with Crippen LogP contribution in [0.4, 0.5) is 10.7 Å². The van der Waals surface area contributed by atoms with Crippen molar-refractivity contribution in [3.8, 4) is 0 Å². The SMILES string of the molecule is CN1CCCC(NS(=O)(=O)c2cc([N+](=O)[O-])c(N)s2)C1. The molecule has 8 nitrogen and oxygen atoms in total. The molecule has 0 saturated carbocycles. The number of likely N-dealkylation sites (tertiary alicyclic amines) is 1. The van der Waals surface area contributed by atoms with Gasteiger partial charge in [0.2, 0.25) is 0 Å². The number of anilines is 1. The predicted octanol–water partition coefficient (Wildman–Crippen LogP) is 0.611. The number of piperidine rings is 1. The summed E-state index contributed by atoms with van der Waals surface area (Å²) >= 11 is 0.711. The van der Waals surface area contributed by atoms with E-state index in [0.717, 1.165) is 25.5 Å². The number of nitrogens with two attached hydrogens (primary N) is 1. The Hall–Kier alpha value is -1.23. The maximum Gasteiger partial charge on any atom is 0.304 e. The maximum atomic E-state index is 12.2. The van der Waals surface area contributed by atoms with Crippen molar-refractivity contribution in [1.82, 2.24) is 9.62 Å². The van der Waals surface area contributed by atoms with E-state index in [2.05, 4.69) is 4.72 Å². The van der Waals surface area contributed by atoms with E-state index in [9.17, 15) is 18.5 Å². The second-order valence-electron chi connectivity index (χ2n) is 4.79. The Labute approximate surface area is 120 Å². The summed E-state index contributed by atoms with van der Waals surface area (Å²) in [6.45, 7) is 1.57. The fourth-order valence-electron chi connectivity index (χ4n) is 2.19. The first-order valence-electron chi connectivity index (χ1n) is 6.04. The normalized spacial score (nSPS) is 20.9. The van der Waals surface area contributed by atoms with E-state index in [1.54, 1.807) is 0 Å². The van der Waals surface area contributed by atoms with Gasteiger partial charge in [0, 0.05) is 18.7 Å². The molecular formula is C10H16N4O4S2. The lowest BCUT2D eigenvalue weighted by Gasteiger charge is -2.29. The summed E-state index contributed by atoms with van der Waals surface area (Å²) in [4.78, 5) is 12.1. The Bertz CT molecular complexity index is 613. The number of nitrogens with one attached hydrogen (secondary N) is 1. The van der Waals surface area contributed by atoms with Gasteiger partial charge in [0.25, 0.3) is 10.0 Å². The average Bonchev–Trinajstić information content (AvgIpc) is 2.71. The Morgan fingerprint density at radius 1 is 1.60 bits per heavy atom. The number of nitrogen functional groups attached to an aromatic ring is 1. The Morgan fingerprint density at radius 2 is 2.30 bits per heavy atom. The zero-order valence-electron chi connectivity index (χ0n) is 10.9. The summed E-state index contributed by atoms with van der Waals surface area (Å²) in [5, 5.41) is 10.6. The standard InChI is InChI=1S/C10H16N4O4S2/c1-13-4-2-3-7(6-13)12-20(17,18)9-5-8(14(15)16)10(11)19-9/h5,7,12H,2-4,6,11H2,1H3. The highest BCUT2D eigenvalue weighted by Gasteiger charge is 2.28. The van der Waals surface area contributed by atoms with E-state index in [-0.39, 0.29) is 20.9 Å². The van der Waals surface area contributed by atoms with Crippen LogP contribution in [0.5, 0.6) is 0 Å². The molecule has 0 aromatic carbocycles. The molecule has 0 aliphatic carbocycles. The van der Waals surface area contributed by atoms with Crippen molar-refractivity contribution in [2.24, 2.45) is 0 Å². The summed E-state index contributed by atoms with van der Waals surface area (Å²) in [5.41, 5.74) is 5.11. The number of nitro groups is 1. The van der Waals surface area contributed by atoms with Crippen LogP contribution < -0.4 is 10.5 Å². The highest BCUT2D eigenvalue weighted by atomic mass is 32.2. The molecule has 20 heavy (non-hydrogen) atoms. The van der Waals surface area contributed by atoms with Gasteiger partial charge in [-0.25, -0.2) is 13.1 Å². The van der Waals surface area contributed by atoms with Gasteiger partial charge in [-0.1, -0.05) is 11.3 Å². The molecule has 2 rings (SSSR count).